The van der Waals surface area contributed by atoms with Crippen LogP contribution in [0, 0.1) is 0 Å². The van der Waals surface area contributed by atoms with Crippen LogP contribution in [0.1, 0.15) is 60.6 Å². The molecule has 0 fully saturated rings. The average Bonchev–Trinajstić information content (AvgIpc) is 3.12. The van der Waals surface area contributed by atoms with Crippen molar-refractivity contribution in [3.63, 3.8) is 0 Å². The van der Waals surface area contributed by atoms with Gasteiger partial charge in [0.15, 0.2) is 0 Å². The zero-order valence-corrected chi connectivity index (χ0v) is 18.5. The molecule has 2 heterocycles. The van der Waals surface area contributed by atoms with Crippen molar-refractivity contribution in [2.24, 2.45) is 0 Å². The van der Waals surface area contributed by atoms with Crippen LogP contribution in [0.5, 0.6) is 11.5 Å². The second-order valence-corrected chi connectivity index (χ2v) is 8.88. The molecule has 2 aromatic carbocycles. The molecular weight excluding hydrogens is 408 g/mol. The number of hydrogen-bond acceptors (Lipinski definition) is 5. The van der Waals surface area contributed by atoms with E-state index in [0.717, 1.165) is 35.3 Å². The summed E-state index contributed by atoms with van der Waals surface area (Å²) >= 11 is 0. The van der Waals surface area contributed by atoms with Gasteiger partial charge >= 0.3 is 5.97 Å². The lowest BCUT2D eigenvalue weighted by molar-refractivity contribution is -0.140. The molecule has 0 bridgehead atoms. The first-order valence-corrected chi connectivity index (χ1v) is 10.7. The predicted octanol–water partition coefficient (Wildman–Crippen LogP) is 3.80. The first-order valence-electron chi connectivity index (χ1n) is 10.7. The number of H-pyrrole nitrogens is 2. The number of rotatable bonds is 6. The fraction of sp³-hybridized carbons (Fsp3) is 0.360. The zero-order valence-electron chi connectivity index (χ0n) is 18.5. The summed E-state index contributed by atoms with van der Waals surface area (Å²) in [6.07, 6.45) is 2.39. The van der Waals surface area contributed by atoms with Gasteiger partial charge in [-0.25, -0.2) is 0 Å². The van der Waals surface area contributed by atoms with Crippen molar-refractivity contribution in [1.29, 1.82) is 0 Å². The summed E-state index contributed by atoms with van der Waals surface area (Å²) in [5.41, 5.74) is 3.73. The van der Waals surface area contributed by atoms with E-state index >= 15 is 0 Å². The van der Waals surface area contributed by atoms with E-state index < -0.39 is 11.9 Å². The third kappa shape index (κ3) is 4.56. The minimum Gasteiger partial charge on any atom is -0.508 e. The summed E-state index contributed by atoms with van der Waals surface area (Å²) in [6.45, 7) is 4.18. The highest BCUT2D eigenvalue weighted by Crippen LogP contribution is 2.35. The molecule has 0 amide bonds. The van der Waals surface area contributed by atoms with E-state index in [2.05, 4.69) is 30.1 Å². The number of phenolic OH excluding ortho intramolecular Hbond substituents is 1. The third-order valence-corrected chi connectivity index (χ3v) is 6.03. The Morgan fingerprint density at radius 3 is 2.66 bits per heavy atom. The van der Waals surface area contributed by atoms with Crippen LogP contribution in [0.3, 0.4) is 0 Å². The second kappa shape index (κ2) is 8.57. The quantitative estimate of drug-likeness (QED) is 0.510. The average molecular weight is 437 g/mol. The minimum atomic E-state index is -0.505. The number of nitrogens with one attached hydrogen (secondary N) is 2. The topological polar surface area (TPSA) is 104 Å². The van der Waals surface area contributed by atoms with Crippen LogP contribution in [-0.2, 0) is 22.4 Å². The van der Waals surface area contributed by atoms with E-state index in [-0.39, 0.29) is 23.3 Å². The second-order valence-electron chi connectivity index (χ2n) is 8.88. The van der Waals surface area contributed by atoms with Gasteiger partial charge in [-0.3, -0.25) is 14.7 Å². The number of esters is 1. The maximum absolute atomic E-state index is 12.8. The molecule has 168 valence electrons. The van der Waals surface area contributed by atoms with Gasteiger partial charge in [0.05, 0.1) is 13.5 Å². The number of aryl methyl sites for hydroxylation is 1. The highest BCUT2D eigenvalue weighted by atomic mass is 16.5. The van der Waals surface area contributed by atoms with Gasteiger partial charge in [-0.15, -0.1) is 0 Å². The first-order chi connectivity index (χ1) is 15.3. The lowest BCUT2D eigenvalue weighted by Crippen LogP contribution is -2.32. The molecule has 0 spiro atoms. The Labute approximate surface area is 186 Å². The van der Waals surface area contributed by atoms with Crippen LogP contribution >= 0.6 is 0 Å². The molecule has 3 N–H and O–H groups in total. The molecular formula is C25H28N2O5. The molecule has 4 rings (SSSR count). The number of benzene rings is 2. The smallest absolute Gasteiger partial charge is 0.306 e. The highest BCUT2D eigenvalue weighted by molar-refractivity contribution is 5.71. The van der Waals surface area contributed by atoms with Crippen LogP contribution in [0.2, 0.25) is 0 Å². The van der Waals surface area contributed by atoms with Crippen molar-refractivity contribution in [2.75, 3.05) is 7.11 Å². The lowest BCUT2D eigenvalue weighted by Gasteiger charge is -2.32. The van der Waals surface area contributed by atoms with Crippen LogP contribution in [-0.4, -0.2) is 34.0 Å². The van der Waals surface area contributed by atoms with Gasteiger partial charge in [-0.2, -0.15) is 0 Å². The molecule has 7 heteroatoms. The van der Waals surface area contributed by atoms with E-state index in [1.165, 1.54) is 7.11 Å². The van der Waals surface area contributed by atoms with Gasteiger partial charge in [-0.05, 0) is 61.6 Å². The molecule has 32 heavy (non-hydrogen) atoms. The lowest BCUT2D eigenvalue weighted by atomic mass is 9.87. The first kappa shape index (κ1) is 21.7. The Hall–Kier alpha value is -3.48. The Morgan fingerprint density at radius 1 is 1.19 bits per heavy atom. The largest absolute Gasteiger partial charge is 0.508 e. The van der Waals surface area contributed by atoms with Crippen LogP contribution in [0.15, 0.2) is 47.3 Å². The number of aromatic hydroxyl groups is 1. The number of carbonyl (C=O) groups is 1. The Bertz CT molecular complexity index is 1170. The number of ether oxygens (including phenoxy) is 2. The van der Waals surface area contributed by atoms with Gasteiger partial charge in [0.2, 0.25) is 0 Å². The number of methoxy groups -OCH3 is 1. The van der Waals surface area contributed by atoms with Crippen molar-refractivity contribution in [1.82, 2.24) is 10.2 Å². The van der Waals surface area contributed by atoms with Crippen molar-refractivity contribution in [3.8, 4) is 11.5 Å². The Morgan fingerprint density at radius 2 is 1.94 bits per heavy atom. The van der Waals surface area contributed by atoms with E-state index in [4.69, 9.17) is 9.47 Å². The SMILES string of the molecule is COC(=O)C[C@H](c1ccc(O)cc1)c1c(Cc2ccc3c(c2)CCC(C)(C)O3)[nH][nH]c1=O. The maximum Gasteiger partial charge on any atom is 0.306 e. The van der Waals surface area contributed by atoms with Gasteiger partial charge in [-0.1, -0.05) is 24.3 Å². The van der Waals surface area contributed by atoms with Gasteiger partial charge in [0, 0.05) is 23.6 Å². The number of carbonyl (C=O) groups excluding carboxylic acids is 1. The van der Waals surface area contributed by atoms with Crippen molar-refractivity contribution in [2.45, 2.75) is 51.0 Å². The van der Waals surface area contributed by atoms with Crippen LogP contribution < -0.4 is 10.3 Å². The number of aromatic amines is 2. The summed E-state index contributed by atoms with van der Waals surface area (Å²) in [5, 5.41) is 15.3. The fourth-order valence-corrected chi connectivity index (χ4v) is 4.28. The van der Waals surface area contributed by atoms with E-state index in [1.54, 1.807) is 24.3 Å². The summed E-state index contributed by atoms with van der Waals surface area (Å²) in [7, 11) is 1.33. The monoisotopic (exact) mass is 436 g/mol. The predicted molar refractivity (Wildman–Crippen MR) is 120 cm³/mol. The normalized spacial score (nSPS) is 15.5. The van der Waals surface area contributed by atoms with E-state index in [0.29, 0.717) is 17.7 Å². The van der Waals surface area contributed by atoms with E-state index in [9.17, 15) is 14.7 Å². The molecule has 3 aromatic rings. The summed E-state index contributed by atoms with van der Waals surface area (Å²) in [6, 6.07) is 12.6. The van der Waals surface area contributed by atoms with Gasteiger partial charge in [0.1, 0.15) is 17.1 Å². The van der Waals surface area contributed by atoms with Gasteiger partial charge in [0.25, 0.3) is 5.56 Å². The summed E-state index contributed by atoms with van der Waals surface area (Å²) < 4.78 is 11.0. The fourth-order valence-electron chi connectivity index (χ4n) is 4.28. The zero-order chi connectivity index (χ0) is 22.9. The van der Waals surface area contributed by atoms with Crippen LogP contribution in [0.4, 0.5) is 0 Å². The number of fused-ring (bicyclic) bond motifs is 1. The molecule has 1 aliphatic rings. The maximum atomic E-state index is 12.8. The molecule has 1 aromatic heterocycles. The van der Waals surface area contributed by atoms with Gasteiger partial charge < -0.3 is 19.7 Å². The minimum absolute atomic E-state index is 0.0162. The molecule has 0 saturated heterocycles. The molecule has 0 unspecified atom stereocenters. The summed E-state index contributed by atoms with van der Waals surface area (Å²) in [5.74, 6) is 0.103. The molecule has 0 aliphatic carbocycles. The highest BCUT2D eigenvalue weighted by Gasteiger charge is 2.28. The van der Waals surface area contributed by atoms with Crippen molar-refractivity contribution >= 4 is 5.97 Å². The van der Waals surface area contributed by atoms with Crippen molar-refractivity contribution in [3.05, 3.63) is 80.8 Å². The molecule has 0 saturated carbocycles. The standard InChI is InChI=1S/C25H28N2O5/c1-25(2)11-10-17-12-15(4-9-21(17)32-25)13-20-23(24(30)27-26-20)19(14-22(29)31-3)16-5-7-18(28)8-6-16/h4-9,12,19,28H,10-11,13-14H2,1-3H3,(H2,26,27,30)/t19-/m1/s1. The molecule has 7 nitrogen and oxygen atoms in total. The number of aromatic nitrogens is 2. The van der Waals surface area contributed by atoms with Crippen molar-refractivity contribution < 1.29 is 19.4 Å². The van der Waals surface area contributed by atoms with Crippen LogP contribution in [0.25, 0.3) is 0 Å². The number of phenols is 1. The Balaban J connectivity index is 1.68. The molecule has 1 atom stereocenters. The number of hydrogen-bond donors (Lipinski definition) is 3. The summed E-state index contributed by atoms with van der Waals surface area (Å²) in [4.78, 5) is 24.9. The molecule has 1 aliphatic heterocycles. The van der Waals surface area contributed by atoms with E-state index in [1.807, 2.05) is 12.1 Å². The third-order valence-electron chi connectivity index (χ3n) is 6.03. The Kier molecular flexibility index (Phi) is 5.82. The molecule has 0 radical (unpaired) electrons.